The molecule has 0 saturated heterocycles. The van der Waals surface area contributed by atoms with Gasteiger partial charge in [0, 0.05) is 25.6 Å². The molecule has 2 rings (SSSR count). The third-order valence-electron chi connectivity index (χ3n) is 4.68. The van der Waals surface area contributed by atoms with Crippen molar-refractivity contribution in [1.82, 2.24) is 16.0 Å². The van der Waals surface area contributed by atoms with Crippen molar-refractivity contribution in [3.8, 4) is 5.75 Å². The van der Waals surface area contributed by atoms with Gasteiger partial charge in [0.2, 0.25) is 5.91 Å². The Labute approximate surface area is 169 Å². The fourth-order valence-corrected chi connectivity index (χ4v) is 2.82. The van der Waals surface area contributed by atoms with Crippen molar-refractivity contribution in [3.63, 3.8) is 0 Å². The molecule has 4 N–H and O–H groups in total. The number of ether oxygens (including phenoxy) is 1. The molecule has 1 atom stereocenters. The largest absolute Gasteiger partial charge is 0.435 e. The highest BCUT2D eigenvalue weighted by molar-refractivity contribution is 5.80. The summed E-state index contributed by atoms with van der Waals surface area (Å²) < 4.78 is 28.7. The summed E-state index contributed by atoms with van der Waals surface area (Å²) >= 11 is 0. The fourth-order valence-electron chi connectivity index (χ4n) is 2.82. The molecule has 7 nitrogen and oxygen atoms in total. The molecule has 1 saturated carbocycles. The number of halogens is 2. The number of hydrogen-bond donors (Lipinski definition) is 4. The highest BCUT2D eigenvalue weighted by atomic mass is 19.3. The van der Waals surface area contributed by atoms with E-state index < -0.39 is 12.7 Å². The molecule has 0 aliphatic heterocycles. The van der Waals surface area contributed by atoms with Gasteiger partial charge >= 0.3 is 6.61 Å². The van der Waals surface area contributed by atoms with E-state index in [1.165, 1.54) is 24.3 Å². The molecule has 162 valence electrons. The van der Waals surface area contributed by atoms with Crippen LogP contribution in [0.3, 0.4) is 0 Å². The molecule has 1 amide bonds. The van der Waals surface area contributed by atoms with E-state index in [0.29, 0.717) is 31.2 Å². The van der Waals surface area contributed by atoms with E-state index in [2.05, 4.69) is 25.7 Å². The summed E-state index contributed by atoms with van der Waals surface area (Å²) in [6, 6.07) is 5.83. The zero-order chi connectivity index (χ0) is 21.1. The number of guanidine groups is 1. The number of aliphatic imine (C=N–C) groups is 1. The van der Waals surface area contributed by atoms with Crippen molar-refractivity contribution in [2.75, 3.05) is 26.2 Å². The molecule has 1 aliphatic carbocycles. The number of amides is 1. The zero-order valence-electron chi connectivity index (χ0n) is 16.7. The third-order valence-corrected chi connectivity index (χ3v) is 4.68. The first-order valence-electron chi connectivity index (χ1n) is 10.0. The van der Waals surface area contributed by atoms with Gasteiger partial charge in [0.1, 0.15) is 5.75 Å². The number of nitrogens with one attached hydrogen (secondary N) is 3. The molecular weight excluding hydrogens is 382 g/mol. The summed E-state index contributed by atoms with van der Waals surface area (Å²) in [7, 11) is 0. The molecule has 0 bridgehead atoms. The summed E-state index contributed by atoms with van der Waals surface area (Å²) in [5.41, 5.74) is 0.560. The molecule has 29 heavy (non-hydrogen) atoms. The van der Waals surface area contributed by atoms with E-state index in [4.69, 9.17) is 0 Å². The lowest BCUT2D eigenvalue weighted by atomic mass is 9.85. The molecular formula is C20H30F2N4O3. The van der Waals surface area contributed by atoms with Gasteiger partial charge in [-0.05, 0) is 43.9 Å². The minimum absolute atomic E-state index is 0.0406. The van der Waals surface area contributed by atoms with Crippen LogP contribution in [0, 0.1) is 5.92 Å². The molecule has 1 aromatic rings. The van der Waals surface area contributed by atoms with Crippen molar-refractivity contribution in [1.29, 1.82) is 0 Å². The maximum Gasteiger partial charge on any atom is 0.387 e. The van der Waals surface area contributed by atoms with Crippen LogP contribution < -0.4 is 20.7 Å². The van der Waals surface area contributed by atoms with Crippen LogP contribution in [-0.4, -0.2) is 49.8 Å². The minimum atomic E-state index is -2.88. The summed E-state index contributed by atoms with van der Waals surface area (Å²) in [6.45, 7) is 1.08. The molecule has 0 heterocycles. The number of carbonyl (C=O) groups is 1. The van der Waals surface area contributed by atoms with E-state index in [-0.39, 0.29) is 24.1 Å². The predicted octanol–water partition coefficient (Wildman–Crippen LogP) is 2.18. The van der Waals surface area contributed by atoms with Gasteiger partial charge in [-0.15, -0.1) is 0 Å². The van der Waals surface area contributed by atoms with Gasteiger partial charge in [-0.1, -0.05) is 18.6 Å². The van der Waals surface area contributed by atoms with E-state index in [0.717, 1.165) is 25.7 Å². The second kappa shape index (κ2) is 12.2. The topological polar surface area (TPSA) is 95.0 Å². The normalized spacial score (nSPS) is 15.6. The second-order valence-electron chi connectivity index (χ2n) is 6.88. The Morgan fingerprint density at radius 2 is 1.90 bits per heavy atom. The summed E-state index contributed by atoms with van der Waals surface area (Å²) in [6.07, 6.45) is 3.02. The lowest BCUT2D eigenvalue weighted by Crippen LogP contribution is -2.40. The van der Waals surface area contributed by atoms with E-state index in [9.17, 15) is 18.7 Å². The number of carbonyl (C=O) groups excluding carboxylic acids is 1. The summed E-state index contributed by atoms with van der Waals surface area (Å²) in [5, 5.41) is 19.5. The number of aliphatic hydroxyl groups excluding tert-OH is 1. The van der Waals surface area contributed by atoms with E-state index in [1.54, 1.807) is 0 Å². The van der Waals surface area contributed by atoms with Gasteiger partial charge in [-0.3, -0.25) is 9.79 Å². The first kappa shape index (κ1) is 22.9. The molecule has 1 aliphatic rings. The highest BCUT2D eigenvalue weighted by Crippen LogP contribution is 2.26. The van der Waals surface area contributed by atoms with Crippen molar-refractivity contribution >= 4 is 11.9 Å². The van der Waals surface area contributed by atoms with Gasteiger partial charge < -0.3 is 25.8 Å². The number of hydrogen-bond acceptors (Lipinski definition) is 4. The smallest absolute Gasteiger partial charge is 0.387 e. The average molecular weight is 412 g/mol. The minimum Gasteiger partial charge on any atom is -0.435 e. The van der Waals surface area contributed by atoms with Crippen LogP contribution in [0.5, 0.6) is 5.75 Å². The number of alkyl halides is 2. The van der Waals surface area contributed by atoms with Crippen LogP contribution in [0.1, 0.15) is 44.3 Å². The molecule has 1 fully saturated rings. The Bertz CT molecular complexity index is 652. The van der Waals surface area contributed by atoms with Crippen LogP contribution in [-0.2, 0) is 4.79 Å². The van der Waals surface area contributed by atoms with Gasteiger partial charge in [-0.2, -0.15) is 8.78 Å². The Morgan fingerprint density at radius 3 is 2.48 bits per heavy atom. The molecule has 1 aromatic carbocycles. The Kier molecular flexibility index (Phi) is 9.63. The lowest BCUT2D eigenvalue weighted by Gasteiger charge is -2.24. The third kappa shape index (κ3) is 8.23. The van der Waals surface area contributed by atoms with Crippen molar-refractivity contribution in [2.45, 2.75) is 45.3 Å². The fraction of sp³-hybridized carbons (Fsp3) is 0.600. The predicted molar refractivity (Wildman–Crippen MR) is 107 cm³/mol. The van der Waals surface area contributed by atoms with Crippen LogP contribution in [0.4, 0.5) is 8.78 Å². The first-order valence-corrected chi connectivity index (χ1v) is 10.0. The van der Waals surface area contributed by atoms with Gasteiger partial charge in [0.25, 0.3) is 0 Å². The molecule has 1 unspecified atom stereocenters. The van der Waals surface area contributed by atoms with Gasteiger partial charge in [0.05, 0.1) is 12.6 Å². The Balaban J connectivity index is 1.72. The molecule has 9 heteroatoms. The van der Waals surface area contributed by atoms with Crippen molar-refractivity contribution in [2.24, 2.45) is 10.9 Å². The van der Waals surface area contributed by atoms with Crippen molar-refractivity contribution < 1.29 is 23.4 Å². The number of nitrogens with zero attached hydrogens (tertiary/aromatic N) is 1. The Morgan fingerprint density at radius 1 is 1.21 bits per heavy atom. The first-order chi connectivity index (χ1) is 14.0. The number of aliphatic hydroxyl groups is 1. The SMILES string of the molecule is CCNC(=NCC(O)c1ccc(OC(F)F)cc1)NCCCNC(=O)C1CCC1. The monoisotopic (exact) mass is 412 g/mol. The summed E-state index contributed by atoms with van der Waals surface area (Å²) in [4.78, 5) is 16.1. The highest BCUT2D eigenvalue weighted by Gasteiger charge is 2.24. The van der Waals surface area contributed by atoms with Crippen LogP contribution >= 0.6 is 0 Å². The molecule has 0 radical (unpaired) electrons. The Hall–Kier alpha value is -2.42. The lowest BCUT2D eigenvalue weighted by molar-refractivity contribution is -0.127. The van der Waals surface area contributed by atoms with Gasteiger partial charge in [-0.25, -0.2) is 0 Å². The maximum atomic E-state index is 12.2. The molecule has 0 aromatic heterocycles. The van der Waals surface area contributed by atoms with Gasteiger partial charge in [0.15, 0.2) is 5.96 Å². The average Bonchev–Trinajstić information content (AvgIpc) is 2.64. The number of benzene rings is 1. The van der Waals surface area contributed by atoms with Crippen LogP contribution in [0.15, 0.2) is 29.3 Å². The molecule has 0 spiro atoms. The quantitative estimate of drug-likeness (QED) is 0.254. The van der Waals surface area contributed by atoms with Crippen LogP contribution in [0.25, 0.3) is 0 Å². The standard InChI is InChI=1S/C20H30F2N4O3/c1-2-23-20(25-12-4-11-24-18(28)15-5-3-6-15)26-13-17(27)14-7-9-16(10-8-14)29-19(21)22/h7-10,15,17,19,27H,2-6,11-13H2,1H3,(H,24,28)(H2,23,25,26). The summed E-state index contributed by atoms with van der Waals surface area (Å²) in [5.74, 6) is 0.942. The van der Waals surface area contributed by atoms with Crippen molar-refractivity contribution in [3.05, 3.63) is 29.8 Å². The second-order valence-corrected chi connectivity index (χ2v) is 6.88. The van der Waals surface area contributed by atoms with E-state index >= 15 is 0 Å². The van der Waals surface area contributed by atoms with E-state index in [1.807, 2.05) is 6.92 Å². The number of rotatable bonds is 11. The maximum absolute atomic E-state index is 12.2. The van der Waals surface area contributed by atoms with Crippen LogP contribution in [0.2, 0.25) is 0 Å². The zero-order valence-corrected chi connectivity index (χ0v) is 16.7.